The molecule has 2 N–H and O–H groups in total. The molecule has 3 aromatic rings. The predicted molar refractivity (Wildman–Crippen MR) is 119 cm³/mol. The number of methoxy groups -OCH3 is 1. The van der Waals surface area contributed by atoms with Gasteiger partial charge in [0, 0.05) is 13.1 Å². The quantitative estimate of drug-likeness (QED) is 0.652. The molecular formula is C22H23N3O4S. The van der Waals surface area contributed by atoms with E-state index in [-0.39, 0.29) is 5.75 Å². The van der Waals surface area contributed by atoms with Crippen molar-refractivity contribution in [3.05, 3.63) is 66.2 Å². The average Bonchev–Trinajstić information content (AvgIpc) is 3.11. The number of ether oxygens (including phenoxy) is 1. The summed E-state index contributed by atoms with van der Waals surface area (Å²) < 4.78 is 31.1. The molecule has 30 heavy (non-hydrogen) atoms. The van der Waals surface area contributed by atoms with Gasteiger partial charge in [0.15, 0.2) is 0 Å². The Bertz CT molecular complexity index is 1190. The van der Waals surface area contributed by atoms with Crippen molar-refractivity contribution < 1.29 is 17.9 Å². The van der Waals surface area contributed by atoms with E-state index in [1.54, 1.807) is 18.2 Å². The molecule has 0 aromatic heterocycles. The van der Waals surface area contributed by atoms with Gasteiger partial charge in [-0.05, 0) is 41.0 Å². The van der Waals surface area contributed by atoms with Gasteiger partial charge >= 0.3 is 6.03 Å². The maximum Gasteiger partial charge on any atom is 0.319 e. The maximum atomic E-state index is 12.5. The summed E-state index contributed by atoms with van der Waals surface area (Å²) in [5, 5.41) is 7.83. The summed E-state index contributed by atoms with van der Waals surface area (Å²) in [6, 6.07) is 18.5. The Kier molecular flexibility index (Phi) is 5.50. The molecule has 0 atom stereocenters. The lowest BCUT2D eigenvalue weighted by Crippen LogP contribution is -2.29. The van der Waals surface area contributed by atoms with Gasteiger partial charge in [0.25, 0.3) is 0 Å². The Morgan fingerprint density at radius 1 is 1.10 bits per heavy atom. The number of sulfonamides is 1. The Balaban J connectivity index is 1.50. The van der Waals surface area contributed by atoms with Gasteiger partial charge in [0.1, 0.15) is 5.75 Å². The van der Waals surface area contributed by atoms with Gasteiger partial charge in [0.05, 0.1) is 24.2 Å². The van der Waals surface area contributed by atoms with Gasteiger partial charge in [-0.1, -0.05) is 42.5 Å². The number of carbonyl (C=O) groups is 1. The Labute approximate surface area is 175 Å². The van der Waals surface area contributed by atoms with Crippen molar-refractivity contribution in [1.82, 2.24) is 5.32 Å². The van der Waals surface area contributed by atoms with Crippen LogP contribution < -0.4 is 19.7 Å². The van der Waals surface area contributed by atoms with Gasteiger partial charge in [-0.3, -0.25) is 4.31 Å². The molecule has 1 aliphatic heterocycles. The summed E-state index contributed by atoms with van der Waals surface area (Å²) >= 11 is 0. The molecule has 1 heterocycles. The molecule has 1 saturated heterocycles. The number of nitrogens with zero attached hydrogens (tertiary/aromatic N) is 1. The fourth-order valence-electron chi connectivity index (χ4n) is 3.67. The Morgan fingerprint density at radius 3 is 2.67 bits per heavy atom. The van der Waals surface area contributed by atoms with Crippen LogP contribution in [0.1, 0.15) is 12.0 Å². The fourth-order valence-corrected chi connectivity index (χ4v) is 5.22. The van der Waals surface area contributed by atoms with Gasteiger partial charge in [-0.15, -0.1) is 0 Å². The molecule has 1 fully saturated rings. The highest BCUT2D eigenvalue weighted by atomic mass is 32.2. The number of anilines is 2. The topological polar surface area (TPSA) is 87.7 Å². The SMILES string of the molecule is COc1ccc(N2CCCS2(=O)=O)cc1NC(=O)NCc1cccc2ccccc12. The zero-order chi connectivity index (χ0) is 21.1. The van der Waals surface area contributed by atoms with Crippen LogP contribution in [-0.2, 0) is 16.6 Å². The number of fused-ring (bicyclic) bond motifs is 1. The van der Waals surface area contributed by atoms with E-state index in [1.165, 1.54) is 11.4 Å². The van der Waals surface area contributed by atoms with Crippen molar-refractivity contribution in [2.45, 2.75) is 13.0 Å². The number of hydrogen-bond donors (Lipinski definition) is 2. The van der Waals surface area contributed by atoms with Crippen LogP contribution in [0, 0.1) is 0 Å². The standard InChI is InChI=1S/C22H23N3O4S/c1-29-21-11-10-18(25-12-5-13-30(25,27)28)14-20(21)24-22(26)23-15-17-8-4-7-16-6-2-3-9-19(16)17/h2-4,6-11,14H,5,12-13,15H2,1H3,(H2,23,24,26). The summed E-state index contributed by atoms with van der Waals surface area (Å²) in [6.07, 6.45) is 0.586. The normalized spacial score (nSPS) is 15.2. The second-order valence-electron chi connectivity index (χ2n) is 7.07. The summed E-state index contributed by atoms with van der Waals surface area (Å²) in [6.45, 7) is 0.789. The van der Waals surface area contributed by atoms with Crippen molar-refractivity contribution in [2.24, 2.45) is 0 Å². The van der Waals surface area contributed by atoms with Crippen molar-refractivity contribution in [3.8, 4) is 5.75 Å². The zero-order valence-corrected chi connectivity index (χ0v) is 17.4. The summed E-state index contributed by atoms with van der Waals surface area (Å²) in [5.41, 5.74) is 1.93. The number of benzene rings is 3. The molecule has 7 nitrogen and oxygen atoms in total. The number of hydrogen-bond acceptors (Lipinski definition) is 4. The van der Waals surface area contributed by atoms with Crippen LogP contribution in [0.5, 0.6) is 5.75 Å². The van der Waals surface area contributed by atoms with E-state index in [0.717, 1.165) is 16.3 Å². The third kappa shape index (κ3) is 4.04. The van der Waals surface area contributed by atoms with Crippen molar-refractivity contribution in [1.29, 1.82) is 0 Å². The number of nitrogens with one attached hydrogen (secondary N) is 2. The highest BCUT2D eigenvalue weighted by Crippen LogP contribution is 2.32. The van der Waals surface area contributed by atoms with Crippen molar-refractivity contribution >= 4 is 38.2 Å². The van der Waals surface area contributed by atoms with Crippen LogP contribution in [0.2, 0.25) is 0 Å². The van der Waals surface area contributed by atoms with Crippen LogP contribution in [0.4, 0.5) is 16.2 Å². The molecule has 0 unspecified atom stereocenters. The molecule has 0 spiro atoms. The third-order valence-corrected chi connectivity index (χ3v) is 7.01. The van der Waals surface area contributed by atoms with Gasteiger partial charge in [-0.25, -0.2) is 13.2 Å². The minimum atomic E-state index is -3.31. The van der Waals surface area contributed by atoms with Crippen molar-refractivity contribution in [2.75, 3.05) is 29.0 Å². The first kappa shape index (κ1) is 20.0. The van der Waals surface area contributed by atoms with Crippen LogP contribution >= 0.6 is 0 Å². The summed E-state index contributed by atoms with van der Waals surface area (Å²) in [7, 11) is -1.81. The van der Waals surface area contributed by atoms with Gasteiger partial charge < -0.3 is 15.4 Å². The monoisotopic (exact) mass is 425 g/mol. The van der Waals surface area contributed by atoms with E-state index < -0.39 is 16.1 Å². The van der Waals surface area contributed by atoms with Crippen molar-refractivity contribution in [3.63, 3.8) is 0 Å². The first-order chi connectivity index (χ1) is 14.5. The second-order valence-corrected chi connectivity index (χ2v) is 9.09. The third-order valence-electron chi connectivity index (χ3n) is 5.14. The molecular weight excluding hydrogens is 402 g/mol. The van der Waals surface area contributed by atoms with E-state index in [1.807, 2.05) is 42.5 Å². The number of amides is 2. The molecule has 2 amide bonds. The minimum absolute atomic E-state index is 0.132. The summed E-state index contributed by atoms with van der Waals surface area (Å²) in [5.74, 6) is 0.587. The molecule has 0 saturated carbocycles. The molecule has 156 valence electrons. The smallest absolute Gasteiger partial charge is 0.319 e. The number of carbonyl (C=O) groups excluding carboxylic acids is 1. The molecule has 0 aliphatic carbocycles. The number of urea groups is 1. The van der Waals surface area contributed by atoms with Crippen LogP contribution in [0.15, 0.2) is 60.7 Å². The Morgan fingerprint density at radius 2 is 1.90 bits per heavy atom. The highest BCUT2D eigenvalue weighted by Gasteiger charge is 2.29. The van der Waals surface area contributed by atoms with E-state index in [0.29, 0.717) is 36.6 Å². The Hall–Kier alpha value is -3.26. The van der Waals surface area contributed by atoms with E-state index in [9.17, 15) is 13.2 Å². The van der Waals surface area contributed by atoms with E-state index in [2.05, 4.69) is 10.6 Å². The molecule has 4 rings (SSSR count). The van der Waals surface area contributed by atoms with E-state index >= 15 is 0 Å². The largest absolute Gasteiger partial charge is 0.495 e. The zero-order valence-electron chi connectivity index (χ0n) is 16.6. The minimum Gasteiger partial charge on any atom is -0.495 e. The number of rotatable bonds is 5. The second kappa shape index (κ2) is 8.23. The first-order valence-electron chi connectivity index (χ1n) is 9.68. The van der Waals surface area contributed by atoms with E-state index in [4.69, 9.17) is 4.74 Å². The van der Waals surface area contributed by atoms with Crippen LogP contribution in [0.25, 0.3) is 10.8 Å². The predicted octanol–water partition coefficient (Wildman–Crippen LogP) is 3.71. The lowest BCUT2D eigenvalue weighted by atomic mass is 10.0. The summed E-state index contributed by atoms with van der Waals surface area (Å²) in [4.78, 5) is 12.5. The van der Waals surface area contributed by atoms with Crippen LogP contribution in [0.3, 0.4) is 0 Å². The first-order valence-corrected chi connectivity index (χ1v) is 11.3. The maximum absolute atomic E-state index is 12.5. The average molecular weight is 426 g/mol. The molecule has 8 heteroatoms. The van der Waals surface area contributed by atoms with Gasteiger partial charge in [0.2, 0.25) is 10.0 Å². The fraction of sp³-hybridized carbons (Fsp3) is 0.227. The van der Waals surface area contributed by atoms with Gasteiger partial charge in [-0.2, -0.15) is 0 Å². The highest BCUT2D eigenvalue weighted by molar-refractivity contribution is 7.93. The lowest BCUT2D eigenvalue weighted by molar-refractivity contribution is 0.251. The molecule has 0 radical (unpaired) electrons. The molecule has 3 aromatic carbocycles. The lowest BCUT2D eigenvalue weighted by Gasteiger charge is -2.19. The van der Waals surface area contributed by atoms with Crippen LogP contribution in [-0.4, -0.2) is 33.9 Å². The molecule has 1 aliphatic rings. The molecule has 0 bridgehead atoms.